The fourth-order valence-corrected chi connectivity index (χ4v) is 1.13. The summed E-state index contributed by atoms with van der Waals surface area (Å²) in [5.41, 5.74) is -1.15. The molecule has 0 aromatic carbocycles. The maximum Gasteiger partial charge on any atom is 0.162 e. The highest BCUT2D eigenvalue weighted by Gasteiger charge is 2.30. The summed E-state index contributed by atoms with van der Waals surface area (Å²) < 4.78 is 0. The molecular formula is C9H19NO2. The molecule has 0 heterocycles. The van der Waals surface area contributed by atoms with E-state index in [9.17, 15) is 9.90 Å². The van der Waals surface area contributed by atoms with Crippen LogP contribution in [0.25, 0.3) is 0 Å². The van der Waals surface area contributed by atoms with E-state index in [2.05, 4.69) is 5.32 Å². The molecule has 12 heavy (non-hydrogen) atoms. The normalized spacial score (nSPS) is 15.7. The zero-order chi connectivity index (χ0) is 9.61. The van der Waals surface area contributed by atoms with Crippen molar-refractivity contribution in [2.75, 3.05) is 13.1 Å². The van der Waals surface area contributed by atoms with Crippen LogP contribution in [0, 0.1) is 0 Å². The van der Waals surface area contributed by atoms with E-state index in [0.29, 0.717) is 13.0 Å². The number of likely N-dealkylation sites (N-methyl/N-ethyl adjacent to an activating group) is 1. The summed E-state index contributed by atoms with van der Waals surface area (Å²) in [6.45, 7) is 6.49. The van der Waals surface area contributed by atoms with E-state index in [4.69, 9.17) is 0 Å². The number of nitrogens with one attached hydrogen (secondary N) is 1. The van der Waals surface area contributed by atoms with Crippen molar-refractivity contribution in [1.29, 1.82) is 0 Å². The Balaban J connectivity index is 4.08. The Bertz CT molecular complexity index is 147. The molecule has 0 aliphatic rings. The average molecular weight is 173 g/mol. The van der Waals surface area contributed by atoms with Crippen molar-refractivity contribution in [2.45, 2.75) is 39.2 Å². The molecule has 0 aliphatic carbocycles. The standard InChI is InChI=1S/C9H19NO2/c1-4-6-9(12,8(3)11)7-10-5-2/h10,12H,4-7H2,1-3H3. The predicted molar refractivity (Wildman–Crippen MR) is 49.1 cm³/mol. The third-order valence-corrected chi connectivity index (χ3v) is 1.99. The van der Waals surface area contributed by atoms with Crippen LogP contribution in [0.4, 0.5) is 0 Å². The average Bonchev–Trinajstić information content (AvgIpc) is 2.01. The fraction of sp³-hybridized carbons (Fsp3) is 0.889. The predicted octanol–water partition coefficient (Wildman–Crippen LogP) is 0.716. The van der Waals surface area contributed by atoms with Crippen molar-refractivity contribution in [3.63, 3.8) is 0 Å². The number of aliphatic hydroxyl groups is 1. The maximum absolute atomic E-state index is 11.1. The lowest BCUT2D eigenvalue weighted by Gasteiger charge is -2.24. The molecule has 0 aliphatic heterocycles. The zero-order valence-corrected chi connectivity index (χ0v) is 8.18. The van der Waals surface area contributed by atoms with Crippen LogP contribution in [-0.2, 0) is 4.79 Å². The lowest BCUT2D eigenvalue weighted by Crippen LogP contribution is -2.46. The molecule has 0 saturated heterocycles. The van der Waals surface area contributed by atoms with E-state index in [1.807, 2.05) is 13.8 Å². The molecule has 0 rings (SSSR count). The van der Waals surface area contributed by atoms with Gasteiger partial charge in [-0.05, 0) is 19.9 Å². The summed E-state index contributed by atoms with van der Waals surface area (Å²) in [7, 11) is 0. The largest absolute Gasteiger partial charge is 0.381 e. The van der Waals surface area contributed by atoms with Crippen LogP contribution < -0.4 is 5.32 Å². The highest BCUT2D eigenvalue weighted by atomic mass is 16.3. The van der Waals surface area contributed by atoms with Crippen molar-refractivity contribution >= 4 is 5.78 Å². The van der Waals surface area contributed by atoms with Crippen LogP contribution in [0.15, 0.2) is 0 Å². The van der Waals surface area contributed by atoms with Gasteiger partial charge < -0.3 is 10.4 Å². The second kappa shape index (κ2) is 5.27. The third-order valence-electron chi connectivity index (χ3n) is 1.99. The molecule has 0 fully saturated rings. The Kier molecular flexibility index (Phi) is 5.09. The molecule has 3 nitrogen and oxygen atoms in total. The van der Waals surface area contributed by atoms with Gasteiger partial charge in [-0.1, -0.05) is 20.3 Å². The number of carbonyl (C=O) groups is 1. The second-order valence-corrected chi connectivity index (χ2v) is 3.12. The van der Waals surface area contributed by atoms with Gasteiger partial charge in [-0.15, -0.1) is 0 Å². The topological polar surface area (TPSA) is 49.3 Å². The third kappa shape index (κ3) is 3.32. The highest BCUT2D eigenvalue weighted by molar-refractivity contribution is 5.84. The first-order valence-electron chi connectivity index (χ1n) is 4.51. The molecule has 0 spiro atoms. The van der Waals surface area contributed by atoms with Crippen LogP contribution in [0.3, 0.4) is 0 Å². The van der Waals surface area contributed by atoms with E-state index in [1.54, 1.807) is 0 Å². The zero-order valence-electron chi connectivity index (χ0n) is 8.18. The maximum atomic E-state index is 11.1. The number of carbonyl (C=O) groups excluding carboxylic acids is 1. The molecule has 0 aromatic heterocycles. The molecule has 1 unspecified atom stereocenters. The molecule has 0 radical (unpaired) electrons. The number of rotatable bonds is 6. The Hall–Kier alpha value is -0.410. The minimum Gasteiger partial charge on any atom is -0.381 e. The molecule has 0 saturated carbocycles. The highest BCUT2D eigenvalue weighted by Crippen LogP contribution is 2.12. The molecule has 1 atom stereocenters. The number of ketones is 1. The van der Waals surface area contributed by atoms with Gasteiger partial charge >= 0.3 is 0 Å². The Morgan fingerprint density at radius 3 is 2.42 bits per heavy atom. The minimum atomic E-state index is -1.15. The second-order valence-electron chi connectivity index (χ2n) is 3.12. The van der Waals surface area contributed by atoms with Crippen LogP contribution in [0.2, 0.25) is 0 Å². The SMILES string of the molecule is CCCC(O)(CNCC)C(C)=O. The smallest absolute Gasteiger partial charge is 0.162 e. The lowest BCUT2D eigenvalue weighted by molar-refractivity contribution is -0.135. The van der Waals surface area contributed by atoms with E-state index in [-0.39, 0.29) is 5.78 Å². The van der Waals surface area contributed by atoms with Crippen molar-refractivity contribution in [3.05, 3.63) is 0 Å². The number of Topliss-reactive ketones (excluding diaryl/α,β-unsaturated/α-hetero) is 1. The van der Waals surface area contributed by atoms with Crippen molar-refractivity contribution in [1.82, 2.24) is 5.32 Å². The van der Waals surface area contributed by atoms with Crippen LogP contribution >= 0.6 is 0 Å². The quantitative estimate of drug-likeness (QED) is 0.622. The number of hydrogen-bond donors (Lipinski definition) is 2. The summed E-state index contributed by atoms with van der Waals surface area (Å²) in [6, 6.07) is 0. The monoisotopic (exact) mass is 173 g/mol. The molecule has 3 heteroatoms. The summed E-state index contributed by atoms with van der Waals surface area (Å²) in [4.78, 5) is 11.1. The number of hydrogen-bond acceptors (Lipinski definition) is 3. The summed E-state index contributed by atoms with van der Waals surface area (Å²) in [5, 5.41) is 12.8. The fourth-order valence-electron chi connectivity index (χ4n) is 1.13. The first kappa shape index (κ1) is 11.6. The molecular weight excluding hydrogens is 154 g/mol. The van der Waals surface area contributed by atoms with E-state index < -0.39 is 5.60 Å². The molecule has 0 amide bonds. The van der Waals surface area contributed by atoms with Crippen LogP contribution in [0.5, 0.6) is 0 Å². The summed E-state index contributed by atoms with van der Waals surface area (Å²) >= 11 is 0. The first-order valence-corrected chi connectivity index (χ1v) is 4.51. The van der Waals surface area contributed by atoms with Gasteiger partial charge in [-0.25, -0.2) is 0 Å². The Morgan fingerprint density at radius 2 is 2.08 bits per heavy atom. The van der Waals surface area contributed by atoms with E-state index >= 15 is 0 Å². The van der Waals surface area contributed by atoms with Gasteiger partial charge in [0.25, 0.3) is 0 Å². The molecule has 0 bridgehead atoms. The van der Waals surface area contributed by atoms with Gasteiger partial charge in [-0.2, -0.15) is 0 Å². The molecule has 0 aromatic rings. The van der Waals surface area contributed by atoms with E-state index in [1.165, 1.54) is 6.92 Å². The van der Waals surface area contributed by atoms with Crippen molar-refractivity contribution in [3.8, 4) is 0 Å². The van der Waals surface area contributed by atoms with Crippen LogP contribution in [-0.4, -0.2) is 29.6 Å². The lowest BCUT2D eigenvalue weighted by atomic mass is 9.94. The van der Waals surface area contributed by atoms with Gasteiger partial charge in [0.1, 0.15) is 5.60 Å². The van der Waals surface area contributed by atoms with Gasteiger partial charge in [0.05, 0.1) is 0 Å². The summed E-state index contributed by atoms with van der Waals surface area (Å²) in [5.74, 6) is -0.148. The first-order chi connectivity index (χ1) is 5.56. The van der Waals surface area contributed by atoms with Gasteiger partial charge in [0.15, 0.2) is 5.78 Å². The molecule has 72 valence electrons. The Labute approximate surface area is 74.2 Å². The Morgan fingerprint density at radius 1 is 1.50 bits per heavy atom. The van der Waals surface area contributed by atoms with Gasteiger partial charge in [0.2, 0.25) is 0 Å². The van der Waals surface area contributed by atoms with E-state index in [0.717, 1.165) is 13.0 Å². The van der Waals surface area contributed by atoms with Crippen LogP contribution in [0.1, 0.15) is 33.6 Å². The van der Waals surface area contributed by atoms with Crippen molar-refractivity contribution < 1.29 is 9.90 Å². The summed E-state index contributed by atoms with van der Waals surface area (Å²) in [6.07, 6.45) is 1.36. The minimum absolute atomic E-state index is 0.148. The van der Waals surface area contributed by atoms with Crippen molar-refractivity contribution in [2.24, 2.45) is 0 Å². The van der Waals surface area contributed by atoms with Gasteiger partial charge in [0, 0.05) is 6.54 Å². The molecule has 2 N–H and O–H groups in total. The van der Waals surface area contributed by atoms with Gasteiger partial charge in [-0.3, -0.25) is 4.79 Å².